The number of benzene rings is 2. The summed E-state index contributed by atoms with van der Waals surface area (Å²) in [6.07, 6.45) is 0. The van der Waals surface area contributed by atoms with Crippen LogP contribution >= 0.6 is 35.0 Å². The van der Waals surface area contributed by atoms with Crippen LogP contribution in [-0.4, -0.2) is 0 Å². The van der Waals surface area contributed by atoms with E-state index in [1.165, 1.54) is 30.0 Å². The number of hydrogen-bond donors (Lipinski definition) is 0. The smallest absolute Gasteiger partial charge is 0.128 e. The highest BCUT2D eigenvalue weighted by molar-refractivity contribution is 7.98. The van der Waals surface area contributed by atoms with Gasteiger partial charge in [-0.15, -0.1) is 11.8 Å². The van der Waals surface area contributed by atoms with Gasteiger partial charge in [-0.2, -0.15) is 0 Å². The van der Waals surface area contributed by atoms with Crippen LogP contribution < -0.4 is 0 Å². The first-order valence-corrected chi connectivity index (χ1v) is 6.82. The largest absolute Gasteiger partial charge is 0.207 e. The fraction of sp³-hybridized carbons (Fsp3) is 0.0769. The van der Waals surface area contributed by atoms with Gasteiger partial charge in [-0.05, 0) is 30.3 Å². The first-order valence-electron chi connectivity index (χ1n) is 5.08. The summed E-state index contributed by atoms with van der Waals surface area (Å²) in [4.78, 5) is 0.638. The molecule has 0 N–H and O–H groups in total. The molecule has 0 bridgehead atoms. The zero-order valence-corrected chi connectivity index (χ0v) is 11.4. The Hall–Kier alpha value is -0.770. The molecule has 2 aromatic carbocycles. The highest BCUT2D eigenvalue weighted by Gasteiger charge is 2.08. The lowest BCUT2D eigenvalue weighted by atomic mass is 10.2. The molecule has 2 rings (SSSR count). The molecule has 0 saturated heterocycles. The van der Waals surface area contributed by atoms with Gasteiger partial charge in [-0.25, -0.2) is 8.78 Å². The van der Waals surface area contributed by atoms with Crippen molar-refractivity contribution in [2.75, 3.05) is 0 Å². The minimum absolute atomic E-state index is 0.317. The minimum atomic E-state index is -0.412. The monoisotopic (exact) mass is 304 g/mol. The van der Waals surface area contributed by atoms with Crippen LogP contribution in [0.25, 0.3) is 0 Å². The van der Waals surface area contributed by atoms with Crippen LogP contribution in [0.5, 0.6) is 0 Å². The lowest BCUT2D eigenvalue weighted by Gasteiger charge is -2.06. The average Bonchev–Trinajstić information content (AvgIpc) is 2.27. The third kappa shape index (κ3) is 3.37. The standard InChI is InChI=1S/C13H8Cl2F2S/c14-8-4-9(16)6-10(5-8)18-7-11-12(15)2-1-3-13(11)17/h1-6H,7H2. The molecule has 0 aliphatic carbocycles. The summed E-state index contributed by atoms with van der Waals surface area (Å²) in [5, 5.41) is 0.683. The van der Waals surface area contributed by atoms with Crippen molar-refractivity contribution < 1.29 is 8.78 Å². The molecule has 0 aliphatic rings. The van der Waals surface area contributed by atoms with Gasteiger partial charge in [0.05, 0.1) is 0 Å². The molecule has 5 heteroatoms. The zero-order chi connectivity index (χ0) is 13.1. The van der Waals surface area contributed by atoms with E-state index in [0.29, 0.717) is 26.3 Å². The van der Waals surface area contributed by atoms with Crippen LogP contribution in [0.4, 0.5) is 8.78 Å². The molecule has 0 spiro atoms. The predicted octanol–water partition coefficient (Wildman–Crippen LogP) is 5.56. The number of hydrogen-bond acceptors (Lipinski definition) is 1. The van der Waals surface area contributed by atoms with E-state index in [1.807, 2.05) is 0 Å². The third-order valence-electron chi connectivity index (χ3n) is 2.28. The molecule has 0 radical (unpaired) electrons. The Morgan fingerprint density at radius 2 is 1.83 bits per heavy atom. The summed E-state index contributed by atoms with van der Waals surface area (Å²) >= 11 is 12.9. The molecule has 0 saturated carbocycles. The van der Waals surface area contributed by atoms with Crippen molar-refractivity contribution in [2.24, 2.45) is 0 Å². The molecule has 0 unspecified atom stereocenters. The summed E-state index contributed by atoms with van der Waals surface area (Å²) in [6.45, 7) is 0. The number of thioether (sulfide) groups is 1. The van der Waals surface area contributed by atoms with E-state index in [1.54, 1.807) is 18.2 Å². The number of halogens is 4. The van der Waals surface area contributed by atoms with Crippen LogP contribution in [0.15, 0.2) is 41.3 Å². The Morgan fingerprint density at radius 3 is 2.50 bits per heavy atom. The third-order valence-corrected chi connectivity index (χ3v) is 3.86. The van der Waals surface area contributed by atoms with Gasteiger partial charge in [0.1, 0.15) is 11.6 Å². The Bertz CT molecular complexity index is 532. The maximum atomic E-state index is 13.5. The molecule has 2 aromatic rings. The van der Waals surface area contributed by atoms with E-state index in [0.717, 1.165) is 0 Å². The second-order valence-corrected chi connectivity index (χ2v) is 5.49. The molecule has 0 amide bonds. The summed E-state index contributed by atoms with van der Waals surface area (Å²) in [6, 6.07) is 8.72. The Balaban J connectivity index is 2.16. The summed E-state index contributed by atoms with van der Waals surface area (Å²) < 4.78 is 26.6. The predicted molar refractivity (Wildman–Crippen MR) is 72.4 cm³/mol. The van der Waals surface area contributed by atoms with Gasteiger partial charge in [0, 0.05) is 26.3 Å². The molecule has 94 valence electrons. The molecule has 0 aromatic heterocycles. The van der Waals surface area contributed by atoms with Crippen molar-refractivity contribution in [1.29, 1.82) is 0 Å². The fourth-order valence-electron chi connectivity index (χ4n) is 1.44. The Morgan fingerprint density at radius 1 is 1.06 bits per heavy atom. The van der Waals surface area contributed by atoms with Crippen molar-refractivity contribution in [1.82, 2.24) is 0 Å². The van der Waals surface area contributed by atoms with Crippen LogP contribution in [0.2, 0.25) is 10.0 Å². The van der Waals surface area contributed by atoms with E-state index in [4.69, 9.17) is 23.2 Å². The maximum Gasteiger partial charge on any atom is 0.128 e. The molecule has 0 aliphatic heterocycles. The summed E-state index contributed by atoms with van der Waals surface area (Å²) in [5.74, 6) is -0.451. The van der Waals surface area contributed by atoms with Gasteiger partial charge < -0.3 is 0 Å². The van der Waals surface area contributed by atoms with Gasteiger partial charge in [0.15, 0.2) is 0 Å². The summed E-state index contributed by atoms with van der Waals surface area (Å²) in [5.41, 5.74) is 0.407. The van der Waals surface area contributed by atoms with Crippen molar-refractivity contribution >= 4 is 35.0 Å². The normalized spacial score (nSPS) is 10.7. The van der Waals surface area contributed by atoms with E-state index in [-0.39, 0.29) is 5.82 Å². The van der Waals surface area contributed by atoms with Crippen molar-refractivity contribution in [3.05, 3.63) is 63.6 Å². The van der Waals surface area contributed by atoms with E-state index in [2.05, 4.69) is 0 Å². The first-order chi connectivity index (χ1) is 8.56. The van der Waals surface area contributed by atoms with Crippen LogP contribution in [0, 0.1) is 11.6 Å². The molecule has 0 atom stereocenters. The lowest BCUT2D eigenvalue weighted by molar-refractivity contribution is 0.617. The molecule has 0 fully saturated rings. The van der Waals surface area contributed by atoms with Crippen LogP contribution in [0.1, 0.15) is 5.56 Å². The quantitative estimate of drug-likeness (QED) is 0.669. The topological polar surface area (TPSA) is 0 Å². The van der Waals surface area contributed by atoms with Gasteiger partial charge in [0.25, 0.3) is 0 Å². The van der Waals surface area contributed by atoms with Gasteiger partial charge in [-0.1, -0.05) is 29.3 Å². The average molecular weight is 305 g/mol. The van der Waals surface area contributed by atoms with E-state index >= 15 is 0 Å². The highest BCUT2D eigenvalue weighted by Crippen LogP contribution is 2.30. The molecular formula is C13H8Cl2F2S. The second kappa shape index (κ2) is 5.91. The van der Waals surface area contributed by atoms with E-state index < -0.39 is 5.82 Å². The Labute approximate surface area is 118 Å². The molecule has 0 heterocycles. The second-order valence-electron chi connectivity index (χ2n) is 3.59. The molecule has 0 nitrogen and oxygen atoms in total. The van der Waals surface area contributed by atoms with Crippen molar-refractivity contribution in [2.45, 2.75) is 10.6 Å². The van der Waals surface area contributed by atoms with Gasteiger partial charge in [0.2, 0.25) is 0 Å². The SMILES string of the molecule is Fc1cc(Cl)cc(SCc2c(F)cccc2Cl)c1. The first kappa shape index (κ1) is 13.7. The summed E-state index contributed by atoms with van der Waals surface area (Å²) in [7, 11) is 0. The van der Waals surface area contributed by atoms with Gasteiger partial charge in [-0.3, -0.25) is 0 Å². The lowest BCUT2D eigenvalue weighted by Crippen LogP contribution is -1.89. The fourth-order valence-corrected chi connectivity index (χ4v) is 3.04. The van der Waals surface area contributed by atoms with Gasteiger partial charge >= 0.3 is 0 Å². The number of rotatable bonds is 3. The van der Waals surface area contributed by atoms with Crippen molar-refractivity contribution in [3.8, 4) is 0 Å². The molecule has 18 heavy (non-hydrogen) atoms. The molecular weight excluding hydrogens is 297 g/mol. The zero-order valence-electron chi connectivity index (χ0n) is 9.09. The highest BCUT2D eigenvalue weighted by atomic mass is 35.5. The van der Waals surface area contributed by atoms with Crippen LogP contribution in [-0.2, 0) is 5.75 Å². The van der Waals surface area contributed by atoms with E-state index in [9.17, 15) is 8.78 Å². The van der Waals surface area contributed by atoms with Crippen molar-refractivity contribution in [3.63, 3.8) is 0 Å². The Kier molecular flexibility index (Phi) is 4.49. The maximum absolute atomic E-state index is 13.5. The van der Waals surface area contributed by atoms with Crippen LogP contribution in [0.3, 0.4) is 0 Å². The minimum Gasteiger partial charge on any atom is -0.207 e.